The maximum absolute atomic E-state index is 14.1. The molecule has 5 nitrogen and oxygen atoms in total. The van der Waals surface area contributed by atoms with Gasteiger partial charge in [0.15, 0.2) is 0 Å². The molecule has 0 saturated carbocycles. The van der Waals surface area contributed by atoms with E-state index in [4.69, 9.17) is 0 Å². The van der Waals surface area contributed by atoms with Crippen LogP contribution in [0.15, 0.2) is 35.7 Å². The second-order valence-electron chi connectivity index (χ2n) is 10.3. The van der Waals surface area contributed by atoms with E-state index in [1.807, 2.05) is 15.9 Å². The summed E-state index contributed by atoms with van der Waals surface area (Å²) in [7, 11) is 0. The Morgan fingerprint density at radius 2 is 2.00 bits per heavy atom. The van der Waals surface area contributed by atoms with Crippen molar-refractivity contribution in [2.45, 2.75) is 71.4 Å². The normalized spacial score (nSPS) is 21.3. The van der Waals surface area contributed by atoms with Gasteiger partial charge in [0.25, 0.3) is 0 Å². The molecule has 1 aromatic carbocycles. The molecule has 1 fully saturated rings. The van der Waals surface area contributed by atoms with Gasteiger partial charge in [-0.3, -0.25) is 14.5 Å². The van der Waals surface area contributed by atoms with E-state index in [9.17, 15) is 14.0 Å². The lowest BCUT2D eigenvalue weighted by atomic mass is 9.93. The molecule has 1 saturated heterocycles. The van der Waals surface area contributed by atoms with E-state index in [-0.39, 0.29) is 35.6 Å². The molecule has 2 aromatic rings. The Kier molecular flexibility index (Phi) is 9.18. The highest BCUT2D eigenvalue weighted by Crippen LogP contribution is 2.38. The predicted molar refractivity (Wildman–Crippen MR) is 144 cm³/mol. The lowest BCUT2D eigenvalue weighted by Crippen LogP contribution is -2.56. The van der Waals surface area contributed by atoms with Gasteiger partial charge >= 0.3 is 0 Å². The Hall–Kier alpha value is -2.25. The van der Waals surface area contributed by atoms with E-state index < -0.39 is 0 Å². The van der Waals surface area contributed by atoms with Crippen molar-refractivity contribution in [1.82, 2.24) is 14.7 Å². The molecule has 2 aliphatic heterocycles. The Morgan fingerprint density at radius 1 is 1.17 bits per heavy atom. The second-order valence-corrected chi connectivity index (χ2v) is 11.3. The zero-order valence-corrected chi connectivity index (χ0v) is 22.7. The van der Waals surface area contributed by atoms with Crippen molar-refractivity contribution >= 4 is 23.2 Å². The SMILES string of the molecule is CCCC[C@H](CC)C(=O)N1CCN(C(=O)CCN2CCc3sccc3[C@@H]2c2cccc(F)c2)C[C@@H]1C. The monoisotopic (exact) mass is 513 g/mol. The average molecular weight is 514 g/mol. The molecule has 0 aliphatic carbocycles. The summed E-state index contributed by atoms with van der Waals surface area (Å²) < 4.78 is 14.1. The highest BCUT2D eigenvalue weighted by Gasteiger charge is 2.34. The number of carbonyl (C=O) groups excluding carboxylic acids is 2. The van der Waals surface area contributed by atoms with E-state index in [1.165, 1.54) is 16.5 Å². The Balaban J connectivity index is 1.36. The number of unbranched alkanes of at least 4 members (excludes halogenated alkanes) is 1. The molecule has 4 rings (SSSR count). The summed E-state index contributed by atoms with van der Waals surface area (Å²) in [6, 6.07) is 9.01. The van der Waals surface area contributed by atoms with Crippen LogP contribution in [0.2, 0.25) is 0 Å². The summed E-state index contributed by atoms with van der Waals surface area (Å²) in [4.78, 5) is 33.9. The van der Waals surface area contributed by atoms with Crippen molar-refractivity contribution in [3.8, 4) is 0 Å². The number of hydrogen-bond donors (Lipinski definition) is 0. The first-order valence-electron chi connectivity index (χ1n) is 13.6. The Morgan fingerprint density at radius 3 is 2.72 bits per heavy atom. The number of carbonyl (C=O) groups is 2. The summed E-state index contributed by atoms with van der Waals surface area (Å²) >= 11 is 1.76. The van der Waals surface area contributed by atoms with Gasteiger partial charge in [-0.25, -0.2) is 4.39 Å². The van der Waals surface area contributed by atoms with Gasteiger partial charge in [-0.05, 0) is 60.9 Å². The smallest absolute Gasteiger partial charge is 0.226 e. The van der Waals surface area contributed by atoms with Crippen LogP contribution in [-0.4, -0.2) is 65.3 Å². The molecular weight excluding hydrogens is 473 g/mol. The molecule has 0 N–H and O–H groups in total. The number of rotatable bonds is 9. The highest BCUT2D eigenvalue weighted by atomic mass is 32.1. The Labute approximate surface area is 219 Å². The topological polar surface area (TPSA) is 43.9 Å². The van der Waals surface area contributed by atoms with Crippen LogP contribution in [0.4, 0.5) is 4.39 Å². The van der Waals surface area contributed by atoms with Crippen LogP contribution in [0.5, 0.6) is 0 Å². The maximum atomic E-state index is 14.1. The second kappa shape index (κ2) is 12.3. The fourth-order valence-electron chi connectivity index (χ4n) is 5.77. The molecule has 1 aromatic heterocycles. The number of piperazine rings is 1. The van der Waals surface area contributed by atoms with Crippen molar-refractivity contribution in [2.75, 3.05) is 32.7 Å². The minimum atomic E-state index is -0.229. The first-order chi connectivity index (χ1) is 17.4. The zero-order valence-electron chi connectivity index (χ0n) is 21.9. The van der Waals surface area contributed by atoms with Crippen LogP contribution in [0.3, 0.4) is 0 Å². The van der Waals surface area contributed by atoms with E-state index in [0.29, 0.717) is 32.6 Å². The van der Waals surface area contributed by atoms with Crippen LogP contribution in [0, 0.1) is 11.7 Å². The molecule has 36 heavy (non-hydrogen) atoms. The number of thiophene rings is 1. The van der Waals surface area contributed by atoms with Crippen LogP contribution in [-0.2, 0) is 16.0 Å². The number of amides is 2. The fraction of sp³-hybridized carbons (Fsp3) is 0.586. The molecular formula is C29H40FN3O2S. The summed E-state index contributed by atoms with van der Waals surface area (Å²) in [6.45, 7) is 9.62. The molecule has 196 valence electrons. The lowest BCUT2D eigenvalue weighted by Gasteiger charge is -2.42. The van der Waals surface area contributed by atoms with Gasteiger partial charge in [-0.15, -0.1) is 11.3 Å². The summed E-state index contributed by atoms with van der Waals surface area (Å²) in [5.41, 5.74) is 2.18. The third kappa shape index (κ3) is 6.00. The fourth-order valence-corrected chi connectivity index (χ4v) is 6.68. The quantitative estimate of drug-likeness (QED) is 0.445. The standard InChI is InChI=1S/C29H40FN3O2S/c1-4-6-8-22(5-2)29(35)33-17-16-32(20-21(33)3)27(34)12-15-31-14-11-26-25(13-18-36-26)28(31)23-9-7-10-24(30)19-23/h7,9-10,13,18-19,21-22,28H,4-6,8,11-12,14-17,20H2,1-3H3/t21-,22-,28-/m0/s1. The van der Waals surface area contributed by atoms with Gasteiger partial charge in [-0.1, -0.05) is 38.8 Å². The summed E-state index contributed by atoms with van der Waals surface area (Å²) in [5, 5.41) is 2.11. The highest BCUT2D eigenvalue weighted by molar-refractivity contribution is 7.10. The van der Waals surface area contributed by atoms with Gasteiger partial charge in [0, 0.05) is 56.0 Å². The number of benzene rings is 1. The summed E-state index contributed by atoms with van der Waals surface area (Å²) in [6.07, 6.45) is 5.40. The van der Waals surface area contributed by atoms with Gasteiger partial charge in [-0.2, -0.15) is 0 Å². The molecule has 0 radical (unpaired) electrons. The van der Waals surface area contributed by atoms with Crippen LogP contribution >= 0.6 is 11.3 Å². The van der Waals surface area contributed by atoms with Crippen molar-refractivity contribution in [1.29, 1.82) is 0 Å². The summed E-state index contributed by atoms with van der Waals surface area (Å²) in [5.74, 6) is 0.257. The maximum Gasteiger partial charge on any atom is 0.226 e. The minimum Gasteiger partial charge on any atom is -0.339 e. The van der Waals surface area contributed by atoms with Crippen LogP contribution in [0.1, 0.15) is 74.9 Å². The molecule has 7 heteroatoms. The third-order valence-corrected chi connectivity index (χ3v) is 8.85. The van der Waals surface area contributed by atoms with E-state index in [0.717, 1.165) is 44.2 Å². The molecule has 0 bridgehead atoms. The van der Waals surface area contributed by atoms with E-state index in [1.54, 1.807) is 23.5 Å². The van der Waals surface area contributed by atoms with Gasteiger partial charge in [0.1, 0.15) is 5.82 Å². The number of nitrogens with zero attached hydrogens (tertiary/aromatic N) is 3. The number of halogens is 1. The zero-order chi connectivity index (χ0) is 25.7. The van der Waals surface area contributed by atoms with Crippen molar-refractivity contribution < 1.29 is 14.0 Å². The first kappa shape index (κ1) is 26.8. The molecule has 0 unspecified atom stereocenters. The van der Waals surface area contributed by atoms with E-state index >= 15 is 0 Å². The van der Waals surface area contributed by atoms with Gasteiger partial charge in [0.05, 0.1) is 6.04 Å². The van der Waals surface area contributed by atoms with Crippen LogP contribution < -0.4 is 0 Å². The predicted octanol–water partition coefficient (Wildman–Crippen LogP) is 5.50. The molecule has 3 atom stereocenters. The van der Waals surface area contributed by atoms with Crippen molar-refractivity contribution in [3.63, 3.8) is 0 Å². The van der Waals surface area contributed by atoms with Crippen molar-refractivity contribution in [3.05, 3.63) is 57.5 Å². The molecule has 0 spiro atoms. The largest absolute Gasteiger partial charge is 0.339 e. The third-order valence-electron chi connectivity index (χ3n) is 7.85. The average Bonchev–Trinajstić information content (AvgIpc) is 3.36. The molecule has 2 aliphatic rings. The Bertz CT molecular complexity index is 1040. The van der Waals surface area contributed by atoms with Crippen LogP contribution in [0.25, 0.3) is 0 Å². The molecule has 2 amide bonds. The lowest BCUT2D eigenvalue weighted by molar-refractivity contribution is -0.145. The minimum absolute atomic E-state index is 0.0222. The van der Waals surface area contributed by atoms with Crippen molar-refractivity contribution in [2.24, 2.45) is 5.92 Å². The number of hydrogen-bond acceptors (Lipinski definition) is 4. The van der Waals surface area contributed by atoms with Gasteiger partial charge < -0.3 is 9.80 Å². The van der Waals surface area contributed by atoms with Gasteiger partial charge in [0.2, 0.25) is 11.8 Å². The molecule has 3 heterocycles. The first-order valence-corrected chi connectivity index (χ1v) is 14.4. The van der Waals surface area contributed by atoms with E-state index in [2.05, 4.69) is 37.1 Å². The number of fused-ring (bicyclic) bond motifs is 1.